The van der Waals surface area contributed by atoms with E-state index in [2.05, 4.69) is 10.0 Å². The van der Waals surface area contributed by atoms with E-state index in [1.165, 1.54) is 0 Å². The number of benzene rings is 2. The highest BCUT2D eigenvalue weighted by molar-refractivity contribution is 7.92. The van der Waals surface area contributed by atoms with Crippen molar-refractivity contribution in [1.29, 1.82) is 0 Å². The van der Waals surface area contributed by atoms with Crippen LogP contribution < -0.4 is 20.5 Å². The molecule has 0 saturated heterocycles. The number of rotatable bonds is 9. The fourth-order valence-corrected chi connectivity index (χ4v) is 2.99. The fourth-order valence-electron chi connectivity index (χ4n) is 2.26. The Bertz CT molecular complexity index is 895. The van der Waals surface area contributed by atoms with Crippen molar-refractivity contribution >= 4 is 58.0 Å². The highest BCUT2D eigenvalue weighted by Gasteiger charge is 2.10. The van der Waals surface area contributed by atoms with Crippen molar-refractivity contribution in [3.63, 3.8) is 0 Å². The highest BCUT2D eigenvalue weighted by Crippen LogP contribution is 2.34. The van der Waals surface area contributed by atoms with E-state index in [0.717, 1.165) is 17.4 Å². The van der Waals surface area contributed by atoms with Crippen LogP contribution in [0.15, 0.2) is 42.5 Å². The third-order valence-corrected chi connectivity index (χ3v) is 4.10. The van der Waals surface area contributed by atoms with E-state index in [0.29, 0.717) is 29.6 Å². The van der Waals surface area contributed by atoms with Gasteiger partial charge >= 0.3 is 0 Å². The maximum atomic E-state index is 11.4. The molecule has 11 heteroatoms. The van der Waals surface area contributed by atoms with Crippen LogP contribution >= 0.6 is 36.4 Å². The van der Waals surface area contributed by atoms with E-state index in [9.17, 15) is 13.2 Å². The van der Waals surface area contributed by atoms with Gasteiger partial charge in [-0.05, 0) is 35.9 Å². The third kappa shape index (κ3) is 8.99. The molecule has 2 aromatic carbocycles. The van der Waals surface area contributed by atoms with Crippen molar-refractivity contribution in [3.8, 4) is 16.9 Å². The molecule has 0 radical (unpaired) electrons. The Morgan fingerprint density at radius 2 is 1.89 bits per heavy atom. The monoisotopic (exact) mass is 469 g/mol. The fraction of sp³-hybridized carbons (Fsp3) is 0.235. The molecule has 0 heterocycles. The van der Waals surface area contributed by atoms with E-state index in [1.807, 2.05) is 6.07 Å². The van der Waals surface area contributed by atoms with Crippen LogP contribution in [0.3, 0.4) is 0 Å². The lowest BCUT2D eigenvalue weighted by Gasteiger charge is -2.13. The van der Waals surface area contributed by atoms with Gasteiger partial charge in [0.1, 0.15) is 12.4 Å². The molecule has 4 N–H and O–H groups in total. The molecule has 0 aromatic heterocycles. The zero-order valence-corrected chi connectivity index (χ0v) is 18.2. The molecule has 0 aliphatic carbocycles. The molecule has 2 rings (SSSR count). The van der Waals surface area contributed by atoms with Crippen LogP contribution in [0.1, 0.15) is 0 Å². The quantitative estimate of drug-likeness (QED) is 0.488. The molecule has 7 nitrogen and oxygen atoms in total. The molecule has 0 unspecified atom stereocenters. The largest absolute Gasteiger partial charge is 0.492 e. The van der Waals surface area contributed by atoms with Gasteiger partial charge in [0.05, 0.1) is 12.8 Å². The summed E-state index contributed by atoms with van der Waals surface area (Å²) in [5, 5.41) is 3.39. The smallest absolute Gasteiger partial charge is 0.231 e. The molecule has 2 aromatic rings. The molecule has 0 atom stereocenters. The van der Waals surface area contributed by atoms with Gasteiger partial charge in [0.15, 0.2) is 0 Å². The Kier molecular flexibility index (Phi) is 11.2. The van der Waals surface area contributed by atoms with Gasteiger partial charge in [-0.15, -0.1) is 24.8 Å². The predicted molar refractivity (Wildman–Crippen MR) is 117 cm³/mol. The summed E-state index contributed by atoms with van der Waals surface area (Å²) in [4.78, 5) is 10.7. The van der Waals surface area contributed by atoms with Crippen LogP contribution in [0.25, 0.3) is 11.1 Å². The minimum Gasteiger partial charge on any atom is -0.492 e. The molecule has 0 bridgehead atoms. The molecular formula is C17H22Cl3N3O4S. The lowest BCUT2D eigenvalue weighted by atomic mass is 10.0. The summed E-state index contributed by atoms with van der Waals surface area (Å²) in [6, 6.07) is 12.1. The Balaban J connectivity index is 0.00000364. The van der Waals surface area contributed by atoms with Crippen LogP contribution in [0.5, 0.6) is 5.75 Å². The van der Waals surface area contributed by atoms with Crippen LogP contribution in [-0.4, -0.2) is 40.3 Å². The van der Waals surface area contributed by atoms with Gasteiger partial charge in [-0.1, -0.05) is 23.7 Å². The first-order valence-corrected chi connectivity index (χ1v) is 10.0. The lowest BCUT2D eigenvalue weighted by molar-refractivity contribution is -0.117. The van der Waals surface area contributed by atoms with Gasteiger partial charge in [0.2, 0.25) is 15.9 Å². The number of carbonyl (C=O) groups excluding carboxylic acids is 1. The molecule has 0 saturated carbocycles. The minimum atomic E-state index is -3.38. The Labute approximate surface area is 181 Å². The average molecular weight is 471 g/mol. The number of primary amides is 1. The number of hydrogen-bond acceptors (Lipinski definition) is 5. The van der Waals surface area contributed by atoms with Crippen LogP contribution in [0.2, 0.25) is 5.02 Å². The zero-order valence-electron chi connectivity index (χ0n) is 15.0. The SMILES string of the molecule is CS(=O)(=O)Nc1cccc(-c2cc(Cl)ccc2OCCNCC(N)=O)c1.Cl.Cl. The van der Waals surface area contributed by atoms with Crippen LogP contribution in [0, 0.1) is 0 Å². The lowest BCUT2D eigenvalue weighted by Crippen LogP contribution is -2.31. The predicted octanol–water partition coefficient (Wildman–Crippen LogP) is 2.68. The number of ether oxygens (including phenoxy) is 1. The second kappa shape index (κ2) is 12.0. The van der Waals surface area contributed by atoms with Crippen molar-refractivity contribution in [2.75, 3.05) is 30.7 Å². The number of carbonyl (C=O) groups is 1. The second-order valence-corrected chi connectivity index (χ2v) is 7.77. The summed E-state index contributed by atoms with van der Waals surface area (Å²) < 4.78 is 31.0. The number of anilines is 1. The van der Waals surface area contributed by atoms with Crippen molar-refractivity contribution in [3.05, 3.63) is 47.5 Å². The first-order chi connectivity index (χ1) is 12.2. The molecule has 1 amide bonds. The second-order valence-electron chi connectivity index (χ2n) is 5.59. The van der Waals surface area contributed by atoms with Gasteiger partial charge in [0, 0.05) is 22.8 Å². The number of nitrogens with one attached hydrogen (secondary N) is 2. The van der Waals surface area contributed by atoms with Gasteiger partial charge in [-0.2, -0.15) is 0 Å². The van der Waals surface area contributed by atoms with Gasteiger partial charge < -0.3 is 15.8 Å². The van der Waals surface area contributed by atoms with Crippen molar-refractivity contribution in [1.82, 2.24) is 5.32 Å². The topological polar surface area (TPSA) is 111 Å². The number of nitrogens with two attached hydrogens (primary N) is 1. The summed E-state index contributed by atoms with van der Waals surface area (Å²) >= 11 is 6.10. The molecule has 28 heavy (non-hydrogen) atoms. The third-order valence-electron chi connectivity index (χ3n) is 3.25. The summed E-state index contributed by atoms with van der Waals surface area (Å²) in [6.45, 7) is 0.847. The van der Waals surface area contributed by atoms with Crippen LogP contribution in [0.4, 0.5) is 5.69 Å². The molecule has 0 spiro atoms. The van der Waals surface area contributed by atoms with Crippen LogP contribution in [-0.2, 0) is 14.8 Å². The zero-order chi connectivity index (χ0) is 19.2. The number of sulfonamides is 1. The average Bonchev–Trinajstić information content (AvgIpc) is 2.54. The van der Waals surface area contributed by atoms with E-state index in [1.54, 1.807) is 36.4 Å². The Morgan fingerprint density at radius 3 is 2.54 bits per heavy atom. The minimum absolute atomic E-state index is 0. The summed E-state index contributed by atoms with van der Waals surface area (Å²) in [5.41, 5.74) is 6.98. The molecular weight excluding hydrogens is 449 g/mol. The highest BCUT2D eigenvalue weighted by atomic mass is 35.5. The standard InChI is InChI=1S/C17H20ClN3O4S.2ClH/c1-26(23,24)21-14-4-2-3-12(9-14)15-10-13(18)5-6-16(15)25-8-7-20-11-17(19)22;;/h2-6,9-10,20-21H,7-8,11H2,1H3,(H2,19,22);2*1H. The molecule has 0 aliphatic rings. The van der Waals surface area contributed by atoms with Gasteiger partial charge in [-0.3, -0.25) is 9.52 Å². The Morgan fingerprint density at radius 1 is 1.18 bits per heavy atom. The summed E-state index contributed by atoms with van der Waals surface area (Å²) in [6.07, 6.45) is 1.09. The van der Waals surface area contributed by atoms with E-state index >= 15 is 0 Å². The van der Waals surface area contributed by atoms with E-state index in [4.69, 9.17) is 22.1 Å². The van der Waals surface area contributed by atoms with Crippen molar-refractivity contribution < 1.29 is 17.9 Å². The number of halogens is 3. The molecule has 0 fully saturated rings. The van der Waals surface area contributed by atoms with Gasteiger partial charge in [-0.25, -0.2) is 8.42 Å². The molecule has 156 valence electrons. The summed E-state index contributed by atoms with van der Waals surface area (Å²) in [5.74, 6) is 0.152. The maximum absolute atomic E-state index is 11.4. The summed E-state index contributed by atoms with van der Waals surface area (Å²) in [7, 11) is -3.38. The normalized spacial score (nSPS) is 10.4. The van der Waals surface area contributed by atoms with E-state index < -0.39 is 15.9 Å². The Hall–Kier alpha value is -1.71. The maximum Gasteiger partial charge on any atom is 0.231 e. The number of amides is 1. The first-order valence-electron chi connectivity index (χ1n) is 7.74. The van der Waals surface area contributed by atoms with Crippen molar-refractivity contribution in [2.24, 2.45) is 5.73 Å². The first kappa shape index (κ1) is 26.3. The number of hydrogen-bond donors (Lipinski definition) is 3. The van der Waals surface area contributed by atoms with Crippen molar-refractivity contribution in [2.45, 2.75) is 0 Å². The molecule has 0 aliphatic heterocycles. The van der Waals surface area contributed by atoms with E-state index in [-0.39, 0.29) is 31.4 Å². The van der Waals surface area contributed by atoms with Gasteiger partial charge in [0.25, 0.3) is 0 Å².